The Labute approximate surface area is 201 Å². The van der Waals surface area contributed by atoms with Crippen molar-refractivity contribution in [3.8, 4) is 5.75 Å². The van der Waals surface area contributed by atoms with E-state index in [0.717, 1.165) is 18.4 Å². The van der Waals surface area contributed by atoms with Gasteiger partial charge in [0, 0.05) is 25.2 Å². The Balaban J connectivity index is 1.71. The number of ether oxygens (including phenoxy) is 2. The van der Waals surface area contributed by atoms with Gasteiger partial charge in [0.05, 0.1) is 0 Å². The number of carbonyl (C=O) groups is 3. The average Bonchev–Trinajstić information content (AvgIpc) is 2.76. The fraction of sp³-hybridized carbons (Fsp3) is 0.423. The lowest BCUT2D eigenvalue weighted by Crippen LogP contribution is -2.35. The van der Waals surface area contributed by atoms with E-state index in [2.05, 4.69) is 22.9 Å². The van der Waals surface area contributed by atoms with Crippen LogP contribution in [0.25, 0.3) is 0 Å². The van der Waals surface area contributed by atoms with E-state index in [4.69, 9.17) is 9.47 Å². The molecule has 3 N–H and O–H groups in total. The predicted molar refractivity (Wildman–Crippen MR) is 132 cm³/mol. The number of nitrogens with one attached hydrogen (secondary N) is 3. The summed E-state index contributed by atoms with van der Waals surface area (Å²) in [6.45, 7) is 7.83. The summed E-state index contributed by atoms with van der Waals surface area (Å²) in [6.07, 6.45) is 1.67. The summed E-state index contributed by atoms with van der Waals surface area (Å²) in [5.41, 5.74) is 2.10. The lowest BCUT2D eigenvalue weighted by molar-refractivity contribution is -0.121. The van der Waals surface area contributed by atoms with Crippen molar-refractivity contribution in [2.24, 2.45) is 0 Å². The standard InChI is InChI=1S/C26H35N3O5/c1-5-7-19-10-12-22(13-11-19)33-18-24(31)29-21-9-6-8-20(16-21)17-28-23(30)14-15-27-25(32)34-26(2,3)4/h6,8-13,16H,5,7,14-15,17-18H2,1-4H3,(H,27,32)(H,28,30)(H,29,31). The van der Waals surface area contributed by atoms with Gasteiger partial charge in [-0.3, -0.25) is 9.59 Å². The summed E-state index contributed by atoms with van der Waals surface area (Å²) in [7, 11) is 0. The van der Waals surface area contributed by atoms with Gasteiger partial charge < -0.3 is 25.4 Å². The normalized spacial score (nSPS) is 10.8. The van der Waals surface area contributed by atoms with Crippen LogP contribution in [0.2, 0.25) is 0 Å². The first-order valence-corrected chi connectivity index (χ1v) is 11.5. The van der Waals surface area contributed by atoms with Crippen LogP contribution in [0, 0.1) is 0 Å². The van der Waals surface area contributed by atoms with Crippen LogP contribution in [-0.2, 0) is 27.3 Å². The summed E-state index contributed by atoms with van der Waals surface area (Å²) in [5, 5.41) is 8.14. The lowest BCUT2D eigenvalue weighted by atomic mass is 10.1. The molecule has 0 unspecified atom stereocenters. The van der Waals surface area contributed by atoms with E-state index < -0.39 is 11.7 Å². The highest BCUT2D eigenvalue weighted by molar-refractivity contribution is 5.92. The fourth-order valence-corrected chi connectivity index (χ4v) is 3.03. The summed E-state index contributed by atoms with van der Waals surface area (Å²) in [6, 6.07) is 14.9. The highest BCUT2D eigenvalue weighted by atomic mass is 16.6. The van der Waals surface area contributed by atoms with Crippen LogP contribution in [0.5, 0.6) is 5.75 Å². The first kappa shape index (κ1) is 26.7. The molecule has 0 aliphatic rings. The van der Waals surface area contributed by atoms with Crippen LogP contribution >= 0.6 is 0 Å². The molecule has 2 rings (SSSR count). The minimum Gasteiger partial charge on any atom is -0.484 e. The van der Waals surface area contributed by atoms with Crippen molar-refractivity contribution in [1.29, 1.82) is 0 Å². The molecule has 2 aromatic rings. The molecular weight excluding hydrogens is 434 g/mol. The molecule has 0 radical (unpaired) electrons. The van der Waals surface area contributed by atoms with Crippen LogP contribution in [0.15, 0.2) is 48.5 Å². The second-order valence-electron chi connectivity index (χ2n) is 8.89. The summed E-state index contributed by atoms with van der Waals surface area (Å²) in [4.78, 5) is 35.9. The number of amides is 3. The molecule has 0 fully saturated rings. The molecule has 2 aromatic carbocycles. The van der Waals surface area contributed by atoms with Gasteiger partial charge in [0.2, 0.25) is 5.91 Å². The average molecular weight is 470 g/mol. The largest absolute Gasteiger partial charge is 0.484 e. The van der Waals surface area contributed by atoms with Crippen molar-refractivity contribution >= 4 is 23.6 Å². The van der Waals surface area contributed by atoms with Crippen molar-refractivity contribution in [3.05, 3.63) is 59.7 Å². The number of rotatable bonds is 11. The van der Waals surface area contributed by atoms with Crippen molar-refractivity contribution < 1.29 is 23.9 Å². The van der Waals surface area contributed by atoms with E-state index in [-0.39, 0.29) is 31.4 Å². The van der Waals surface area contributed by atoms with Gasteiger partial charge in [0.1, 0.15) is 11.4 Å². The van der Waals surface area contributed by atoms with Crippen LogP contribution in [0.3, 0.4) is 0 Å². The first-order valence-electron chi connectivity index (χ1n) is 11.5. The number of hydrogen-bond donors (Lipinski definition) is 3. The molecular formula is C26H35N3O5. The summed E-state index contributed by atoms with van der Waals surface area (Å²) < 4.78 is 10.7. The maximum absolute atomic E-state index is 12.2. The van der Waals surface area contributed by atoms with Gasteiger partial charge in [0.25, 0.3) is 5.91 Å². The van der Waals surface area contributed by atoms with E-state index >= 15 is 0 Å². The van der Waals surface area contributed by atoms with Gasteiger partial charge >= 0.3 is 6.09 Å². The fourth-order valence-electron chi connectivity index (χ4n) is 3.03. The zero-order valence-electron chi connectivity index (χ0n) is 20.4. The van der Waals surface area contributed by atoms with Crippen LogP contribution in [-0.4, -0.2) is 36.7 Å². The Morgan fingerprint density at radius 1 is 0.912 bits per heavy atom. The second-order valence-corrected chi connectivity index (χ2v) is 8.89. The molecule has 0 spiro atoms. The zero-order valence-corrected chi connectivity index (χ0v) is 20.4. The molecule has 0 aliphatic carbocycles. The van der Waals surface area contributed by atoms with Gasteiger partial charge in [-0.15, -0.1) is 0 Å². The number of hydrogen-bond acceptors (Lipinski definition) is 5. The topological polar surface area (TPSA) is 106 Å². The van der Waals surface area contributed by atoms with E-state index in [1.54, 1.807) is 39.0 Å². The smallest absolute Gasteiger partial charge is 0.407 e. The SMILES string of the molecule is CCCc1ccc(OCC(=O)Nc2cccc(CNC(=O)CCNC(=O)OC(C)(C)C)c2)cc1. The quantitative estimate of drug-likeness (QED) is 0.458. The Bertz CT molecular complexity index is 952. The third-order valence-corrected chi connectivity index (χ3v) is 4.55. The van der Waals surface area contributed by atoms with Crippen molar-refractivity contribution in [1.82, 2.24) is 10.6 Å². The van der Waals surface area contributed by atoms with Crippen molar-refractivity contribution in [2.45, 2.75) is 59.1 Å². The Kier molecular flexibility index (Phi) is 10.4. The van der Waals surface area contributed by atoms with E-state index in [1.807, 2.05) is 30.3 Å². The maximum Gasteiger partial charge on any atom is 0.407 e. The molecule has 0 heterocycles. The summed E-state index contributed by atoms with van der Waals surface area (Å²) >= 11 is 0. The number of anilines is 1. The van der Waals surface area contributed by atoms with Crippen LogP contribution < -0.4 is 20.7 Å². The van der Waals surface area contributed by atoms with Gasteiger partial charge in [-0.05, 0) is 62.6 Å². The number of benzene rings is 2. The Morgan fingerprint density at radius 3 is 2.32 bits per heavy atom. The number of aryl methyl sites for hydroxylation is 1. The molecule has 184 valence electrons. The van der Waals surface area contributed by atoms with Crippen LogP contribution in [0.1, 0.15) is 51.7 Å². The molecule has 34 heavy (non-hydrogen) atoms. The van der Waals surface area contributed by atoms with E-state index in [9.17, 15) is 14.4 Å². The third-order valence-electron chi connectivity index (χ3n) is 4.55. The van der Waals surface area contributed by atoms with Gasteiger partial charge in [-0.2, -0.15) is 0 Å². The molecule has 0 saturated heterocycles. The molecule has 0 bridgehead atoms. The molecule has 8 nitrogen and oxygen atoms in total. The van der Waals surface area contributed by atoms with Gasteiger partial charge in [-0.25, -0.2) is 4.79 Å². The lowest BCUT2D eigenvalue weighted by Gasteiger charge is -2.19. The number of carbonyl (C=O) groups excluding carboxylic acids is 3. The van der Waals surface area contributed by atoms with Crippen molar-refractivity contribution in [3.63, 3.8) is 0 Å². The Morgan fingerprint density at radius 2 is 1.65 bits per heavy atom. The first-order chi connectivity index (χ1) is 16.1. The van der Waals surface area contributed by atoms with E-state index in [0.29, 0.717) is 18.0 Å². The maximum atomic E-state index is 12.2. The molecule has 0 aliphatic heterocycles. The molecule has 0 aromatic heterocycles. The van der Waals surface area contributed by atoms with E-state index in [1.165, 1.54) is 5.56 Å². The molecule has 8 heteroatoms. The minimum absolute atomic E-state index is 0.0985. The Hall–Kier alpha value is -3.55. The minimum atomic E-state index is -0.585. The second kappa shape index (κ2) is 13.2. The highest BCUT2D eigenvalue weighted by Gasteiger charge is 2.15. The third kappa shape index (κ3) is 10.8. The van der Waals surface area contributed by atoms with Gasteiger partial charge in [-0.1, -0.05) is 37.6 Å². The van der Waals surface area contributed by atoms with Crippen LogP contribution in [0.4, 0.5) is 10.5 Å². The summed E-state index contributed by atoms with van der Waals surface area (Å²) in [5.74, 6) is 0.170. The van der Waals surface area contributed by atoms with Crippen molar-refractivity contribution in [2.75, 3.05) is 18.5 Å². The predicted octanol–water partition coefficient (Wildman–Crippen LogP) is 4.19. The zero-order chi connectivity index (χ0) is 25.0. The molecule has 0 atom stereocenters. The monoisotopic (exact) mass is 469 g/mol. The highest BCUT2D eigenvalue weighted by Crippen LogP contribution is 2.14. The van der Waals surface area contributed by atoms with Gasteiger partial charge in [0.15, 0.2) is 6.61 Å². The number of alkyl carbamates (subject to hydrolysis) is 1. The molecule has 0 saturated carbocycles. The molecule has 3 amide bonds.